The maximum Gasteiger partial charge on any atom is 0.409 e. The fourth-order valence-electron chi connectivity index (χ4n) is 2.04. The van der Waals surface area contributed by atoms with Crippen molar-refractivity contribution in [3.05, 3.63) is 35.9 Å². The average molecular weight is 277 g/mol. The third-order valence-electron chi connectivity index (χ3n) is 3.34. The number of rotatable bonds is 9. The van der Waals surface area contributed by atoms with Crippen molar-refractivity contribution in [1.29, 1.82) is 0 Å². The topological polar surface area (TPSA) is 29.5 Å². The minimum absolute atomic E-state index is 0.194. The summed E-state index contributed by atoms with van der Waals surface area (Å²) in [4.78, 5) is 13.3. The number of hydrogen-bond acceptors (Lipinski definition) is 2. The molecule has 0 aliphatic heterocycles. The van der Waals surface area contributed by atoms with Crippen LogP contribution in [0.15, 0.2) is 30.3 Å². The van der Waals surface area contributed by atoms with Crippen LogP contribution in [-0.4, -0.2) is 31.2 Å². The number of nitrogens with zero attached hydrogens (tertiary/aromatic N) is 1. The highest BCUT2D eigenvalue weighted by molar-refractivity contribution is 5.67. The minimum Gasteiger partial charge on any atom is -0.449 e. The first-order chi connectivity index (χ1) is 9.74. The lowest BCUT2D eigenvalue weighted by Gasteiger charge is -2.16. The zero-order valence-electron chi connectivity index (χ0n) is 12.8. The highest BCUT2D eigenvalue weighted by Crippen LogP contribution is 2.05. The highest BCUT2D eigenvalue weighted by atomic mass is 16.6. The van der Waals surface area contributed by atoms with Crippen LogP contribution in [0.3, 0.4) is 0 Å². The molecule has 1 amide bonds. The summed E-state index contributed by atoms with van der Waals surface area (Å²) in [7, 11) is 1.81. The van der Waals surface area contributed by atoms with Crippen LogP contribution in [0.5, 0.6) is 0 Å². The predicted molar refractivity (Wildman–Crippen MR) is 82.9 cm³/mol. The fraction of sp³-hybridized carbons (Fsp3) is 0.588. The summed E-state index contributed by atoms with van der Waals surface area (Å²) < 4.78 is 5.26. The lowest BCUT2D eigenvalue weighted by molar-refractivity contribution is 0.109. The van der Waals surface area contributed by atoms with Crippen molar-refractivity contribution in [3.63, 3.8) is 0 Å². The van der Waals surface area contributed by atoms with Crippen molar-refractivity contribution in [1.82, 2.24) is 4.90 Å². The Morgan fingerprint density at radius 2 is 1.85 bits per heavy atom. The van der Waals surface area contributed by atoms with E-state index in [0.717, 1.165) is 38.6 Å². The van der Waals surface area contributed by atoms with Gasteiger partial charge in [0.25, 0.3) is 0 Å². The minimum atomic E-state index is -0.194. The molecule has 0 aromatic heterocycles. The zero-order chi connectivity index (χ0) is 14.6. The number of benzene rings is 1. The SMILES string of the molecule is CCCCCN(C)C(=O)OCCCCc1ccccc1. The molecule has 1 aromatic rings. The van der Waals surface area contributed by atoms with Crippen LogP contribution in [0.25, 0.3) is 0 Å². The number of aryl methyl sites for hydroxylation is 1. The maximum atomic E-state index is 11.7. The molecule has 20 heavy (non-hydrogen) atoms. The molecule has 0 aliphatic rings. The van der Waals surface area contributed by atoms with Gasteiger partial charge >= 0.3 is 6.09 Å². The van der Waals surface area contributed by atoms with Crippen LogP contribution >= 0.6 is 0 Å². The summed E-state index contributed by atoms with van der Waals surface area (Å²) in [6, 6.07) is 10.4. The van der Waals surface area contributed by atoms with Gasteiger partial charge in [-0.3, -0.25) is 0 Å². The Bertz CT molecular complexity index is 365. The van der Waals surface area contributed by atoms with Crippen LogP contribution in [-0.2, 0) is 11.2 Å². The molecule has 0 unspecified atom stereocenters. The first-order valence-corrected chi connectivity index (χ1v) is 7.66. The Balaban J connectivity index is 2.04. The molecule has 112 valence electrons. The molecular formula is C17H27NO2. The number of hydrogen-bond donors (Lipinski definition) is 0. The van der Waals surface area contributed by atoms with E-state index in [2.05, 4.69) is 31.2 Å². The lowest BCUT2D eigenvalue weighted by Crippen LogP contribution is -2.28. The molecule has 0 saturated carbocycles. The van der Waals surface area contributed by atoms with E-state index in [1.54, 1.807) is 4.90 Å². The largest absolute Gasteiger partial charge is 0.449 e. The van der Waals surface area contributed by atoms with E-state index in [0.29, 0.717) is 6.61 Å². The first-order valence-electron chi connectivity index (χ1n) is 7.66. The second-order valence-corrected chi connectivity index (χ2v) is 5.19. The first kappa shape index (κ1) is 16.5. The molecule has 0 spiro atoms. The van der Waals surface area contributed by atoms with E-state index in [9.17, 15) is 4.79 Å². The fourth-order valence-corrected chi connectivity index (χ4v) is 2.04. The summed E-state index contributed by atoms with van der Waals surface area (Å²) in [5.74, 6) is 0. The lowest BCUT2D eigenvalue weighted by atomic mass is 10.1. The molecule has 0 saturated heterocycles. The molecule has 0 fully saturated rings. The molecule has 0 heterocycles. The van der Waals surface area contributed by atoms with Crippen molar-refractivity contribution in [2.45, 2.75) is 45.4 Å². The van der Waals surface area contributed by atoms with Crippen molar-refractivity contribution in [3.8, 4) is 0 Å². The van der Waals surface area contributed by atoms with Gasteiger partial charge in [0.1, 0.15) is 0 Å². The Morgan fingerprint density at radius 1 is 1.10 bits per heavy atom. The monoisotopic (exact) mass is 277 g/mol. The van der Waals surface area contributed by atoms with Gasteiger partial charge in [-0.2, -0.15) is 0 Å². The molecular weight excluding hydrogens is 250 g/mol. The normalized spacial score (nSPS) is 10.3. The maximum absolute atomic E-state index is 11.7. The van der Waals surface area contributed by atoms with Gasteiger partial charge in [0.05, 0.1) is 6.61 Å². The molecule has 0 N–H and O–H groups in total. The molecule has 1 rings (SSSR count). The van der Waals surface area contributed by atoms with Crippen molar-refractivity contribution in [2.24, 2.45) is 0 Å². The quantitative estimate of drug-likeness (QED) is 0.631. The third kappa shape index (κ3) is 7.17. The van der Waals surface area contributed by atoms with Gasteiger partial charge in [-0.15, -0.1) is 0 Å². The van der Waals surface area contributed by atoms with Crippen molar-refractivity contribution < 1.29 is 9.53 Å². The Hall–Kier alpha value is -1.51. The van der Waals surface area contributed by atoms with Crippen molar-refractivity contribution in [2.75, 3.05) is 20.2 Å². The van der Waals surface area contributed by atoms with E-state index < -0.39 is 0 Å². The smallest absolute Gasteiger partial charge is 0.409 e. The van der Waals surface area contributed by atoms with Gasteiger partial charge in [0.2, 0.25) is 0 Å². The van der Waals surface area contributed by atoms with Crippen LogP contribution in [0.1, 0.15) is 44.6 Å². The second-order valence-electron chi connectivity index (χ2n) is 5.19. The van der Waals surface area contributed by atoms with Gasteiger partial charge in [-0.1, -0.05) is 50.1 Å². The standard InChI is InChI=1S/C17H27NO2/c1-3-4-9-14-18(2)17(19)20-15-10-8-13-16-11-6-5-7-12-16/h5-7,11-12H,3-4,8-10,13-15H2,1-2H3. The van der Waals surface area contributed by atoms with Gasteiger partial charge in [-0.25, -0.2) is 4.79 Å². The summed E-state index contributed by atoms with van der Waals surface area (Å²) in [5.41, 5.74) is 1.34. The van der Waals surface area contributed by atoms with E-state index in [4.69, 9.17) is 4.74 Å². The molecule has 3 heteroatoms. The molecule has 1 aromatic carbocycles. The molecule has 0 radical (unpaired) electrons. The zero-order valence-corrected chi connectivity index (χ0v) is 12.8. The van der Waals surface area contributed by atoms with E-state index in [1.165, 1.54) is 12.0 Å². The highest BCUT2D eigenvalue weighted by Gasteiger charge is 2.08. The number of carbonyl (C=O) groups excluding carboxylic acids is 1. The van der Waals surface area contributed by atoms with Gasteiger partial charge < -0.3 is 9.64 Å². The molecule has 0 aliphatic carbocycles. The number of ether oxygens (including phenoxy) is 1. The van der Waals surface area contributed by atoms with Crippen LogP contribution < -0.4 is 0 Å². The van der Waals surface area contributed by atoms with Crippen LogP contribution in [0, 0.1) is 0 Å². The molecule has 0 bridgehead atoms. The number of carbonyl (C=O) groups is 1. The summed E-state index contributed by atoms with van der Waals surface area (Å²) in [5, 5.41) is 0. The van der Waals surface area contributed by atoms with Gasteiger partial charge in [-0.05, 0) is 31.2 Å². The van der Waals surface area contributed by atoms with Crippen LogP contribution in [0.2, 0.25) is 0 Å². The number of unbranched alkanes of at least 4 members (excludes halogenated alkanes) is 3. The summed E-state index contributed by atoms with van der Waals surface area (Å²) in [6.07, 6.45) is 6.21. The summed E-state index contributed by atoms with van der Waals surface area (Å²) >= 11 is 0. The molecule has 0 atom stereocenters. The van der Waals surface area contributed by atoms with E-state index in [-0.39, 0.29) is 6.09 Å². The Labute approximate surface area is 122 Å². The van der Waals surface area contributed by atoms with E-state index >= 15 is 0 Å². The Kier molecular flexibility index (Phi) is 8.52. The van der Waals surface area contributed by atoms with Gasteiger partial charge in [0, 0.05) is 13.6 Å². The Morgan fingerprint density at radius 3 is 2.55 bits per heavy atom. The van der Waals surface area contributed by atoms with Gasteiger partial charge in [0.15, 0.2) is 0 Å². The van der Waals surface area contributed by atoms with Crippen molar-refractivity contribution >= 4 is 6.09 Å². The predicted octanol–water partition coefficient (Wildman–Crippen LogP) is 4.27. The summed E-state index contributed by atoms with van der Waals surface area (Å²) in [6.45, 7) is 3.46. The number of amides is 1. The molecule has 3 nitrogen and oxygen atoms in total. The third-order valence-corrected chi connectivity index (χ3v) is 3.34. The second kappa shape index (κ2) is 10.3. The van der Waals surface area contributed by atoms with Crippen LogP contribution in [0.4, 0.5) is 4.79 Å². The van der Waals surface area contributed by atoms with E-state index in [1.807, 2.05) is 13.1 Å². The average Bonchev–Trinajstić information content (AvgIpc) is 2.48.